The Hall–Kier alpha value is -1.91. The van der Waals surface area contributed by atoms with Gasteiger partial charge >= 0.3 is 5.97 Å². The standard InChI is InChI=1S/C14H18FNO3/c1-10(14(18)19-3)9-16(2)13(17)8-11-4-6-12(15)7-5-11/h4-7,10H,8-9H2,1-3H3. The molecule has 0 N–H and O–H groups in total. The minimum absolute atomic E-state index is 0.123. The third-order valence-corrected chi connectivity index (χ3v) is 2.85. The van der Waals surface area contributed by atoms with Gasteiger partial charge in [0, 0.05) is 13.6 Å². The van der Waals surface area contributed by atoms with E-state index in [1.165, 1.54) is 24.1 Å². The Kier molecular flexibility index (Phi) is 5.48. The zero-order valence-electron chi connectivity index (χ0n) is 11.4. The van der Waals surface area contributed by atoms with Gasteiger partial charge in [-0.2, -0.15) is 0 Å². The summed E-state index contributed by atoms with van der Waals surface area (Å²) in [7, 11) is 2.95. The molecule has 0 aliphatic heterocycles. The number of rotatable bonds is 5. The molecule has 4 nitrogen and oxygen atoms in total. The second-order valence-corrected chi connectivity index (χ2v) is 4.50. The average Bonchev–Trinajstić information content (AvgIpc) is 2.40. The van der Waals surface area contributed by atoms with Crippen molar-refractivity contribution >= 4 is 11.9 Å². The topological polar surface area (TPSA) is 46.6 Å². The number of nitrogens with zero attached hydrogens (tertiary/aromatic N) is 1. The smallest absolute Gasteiger partial charge is 0.310 e. The van der Waals surface area contributed by atoms with Crippen LogP contribution in [0.15, 0.2) is 24.3 Å². The number of esters is 1. The van der Waals surface area contributed by atoms with E-state index in [-0.39, 0.29) is 30.0 Å². The summed E-state index contributed by atoms with van der Waals surface area (Å²) in [6.45, 7) is 2.00. The molecule has 0 aliphatic rings. The van der Waals surface area contributed by atoms with E-state index in [0.717, 1.165) is 5.56 Å². The first-order valence-corrected chi connectivity index (χ1v) is 6.00. The molecular formula is C14H18FNO3. The lowest BCUT2D eigenvalue weighted by atomic mass is 10.1. The van der Waals surface area contributed by atoms with Crippen molar-refractivity contribution in [2.75, 3.05) is 20.7 Å². The zero-order chi connectivity index (χ0) is 14.4. The van der Waals surface area contributed by atoms with Crippen LogP contribution in [-0.4, -0.2) is 37.5 Å². The molecule has 0 bridgehead atoms. The molecule has 0 aliphatic carbocycles. The van der Waals surface area contributed by atoms with Crippen molar-refractivity contribution in [3.8, 4) is 0 Å². The van der Waals surface area contributed by atoms with Crippen molar-refractivity contribution in [1.29, 1.82) is 0 Å². The third-order valence-electron chi connectivity index (χ3n) is 2.85. The molecule has 1 aromatic carbocycles. The fourth-order valence-corrected chi connectivity index (χ4v) is 1.70. The Morgan fingerprint density at radius 1 is 1.32 bits per heavy atom. The number of likely N-dealkylation sites (N-methyl/N-ethyl adjacent to an activating group) is 1. The Labute approximate surface area is 112 Å². The van der Waals surface area contributed by atoms with Gasteiger partial charge in [0.25, 0.3) is 0 Å². The average molecular weight is 267 g/mol. The van der Waals surface area contributed by atoms with Crippen LogP contribution in [0.4, 0.5) is 4.39 Å². The number of ether oxygens (including phenoxy) is 1. The zero-order valence-corrected chi connectivity index (χ0v) is 11.4. The molecule has 0 fully saturated rings. The molecule has 1 atom stereocenters. The van der Waals surface area contributed by atoms with E-state index in [4.69, 9.17) is 0 Å². The number of methoxy groups -OCH3 is 1. The molecule has 1 aromatic rings. The first-order valence-electron chi connectivity index (χ1n) is 6.00. The second kappa shape index (κ2) is 6.87. The summed E-state index contributed by atoms with van der Waals surface area (Å²) >= 11 is 0. The van der Waals surface area contributed by atoms with Crippen LogP contribution < -0.4 is 0 Å². The predicted molar refractivity (Wildman–Crippen MR) is 68.9 cm³/mol. The number of halogens is 1. The van der Waals surface area contributed by atoms with E-state index in [1.807, 2.05) is 0 Å². The summed E-state index contributed by atoms with van der Waals surface area (Å²) in [6.07, 6.45) is 0.185. The summed E-state index contributed by atoms with van der Waals surface area (Å²) in [5, 5.41) is 0. The van der Waals surface area contributed by atoms with Gasteiger partial charge in [0.2, 0.25) is 5.91 Å². The monoisotopic (exact) mass is 267 g/mol. The summed E-state index contributed by atoms with van der Waals surface area (Å²) < 4.78 is 17.3. The van der Waals surface area contributed by atoms with Gasteiger partial charge in [0.1, 0.15) is 5.82 Å². The summed E-state index contributed by atoms with van der Waals surface area (Å²) in [5.74, 6) is -1.17. The highest BCUT2D eigenvalue weighted by Crippen LogP contribution is 2.07. The van der Waals surface area contributed by atoms with Crippen LogP contribution in [0.5, 0.6) is 0 Å². The van der Waals surface area contributed by atoms with Gasteiger partial charge in [-0.15, -0.1) is 0 Å². The molecular weight excluding hydrogens is 249 g/mol. The number of amides is 1. The van der Waals surface area contributed by atoms with Crippen LogP contribution >= 0.6 is 0 Å². The van der Waals surface area contributed by atoms with Crippen molar-refractivity contribution in [3.05, 3.63) is 35.6 Å². The Morgan fingerprint density at radius 2 is 1.89 bits per heavy atom. The maximum absolute atomic E-state index is 12.7. The van der Waals surface area contributed by atoms with Crippen LogP contribution in [0.2, 0.25) is 0 Å². The molecule has 5 heteroatoms. The van der Waals surface area contributed by atoms with Gasteiger partial charge in [-0.1, -0.05) is 19.1 Å². The molecule has 0 heterocycles. The fraction of sp³-hybridized carbons (Fsp3) is 0.429. The highest BCUT2D eigenvalue weighted by molar-refractivity contribution is 5.79. The van der Waals surface area contributed by atoms with Crippen LogP contribution in [-0.2, 0) is 20.7 Å². The van der Waals surface area contributed by atoms with Crippen LogP contribution in [0.1, 0.15) is 12.5 Å². The van der Waals surface area contributed by atoms with Crippen molar-refractivity contribution in [1.82, 2.24) is 4.90 Å². The predicted octanol–water partition coefficient (Wildman–Crippen LogP) is 1.64. The number of benzene rings is 1. The maximum atomic E-state index is 12.7. The van der Waals surface area contributed by atoms with Gasteiger partial charge in [0.15, 0.2) is 0 Å². The van der Waals surface area contributed by atoms with Crippen molar-refractivity contribution < 1.29 is 18.7 Å². The molecule has 0 spiro atoms. The minimum atomic E-state index is -0.368. The van der Waals surface area contributed by atoms with Crippen molar-refractivity contribution in [2.24, 2.45) is 5.92 Å². The number of carbonyl (C=O) groups is 2. The molecule has 1 unspecified atom stereocenters. The quantitative estimate of drug-likeness (QED) is 0.762. The number of hydrogen-bond donors (Lipinski definition) is 0. The van der Waals surface area contributed by atoms with E-state index in [9.17, 15) is 14.0 Å². The Morgan fingerprint density at radius 3 is 2.42 bits per heavy atom. The lowest BCUT2D eigenvalue weighted by Gasteiger charge is -2.20. The van der Waals surface area contributed by atoms with E-state index >= 15 is 0 Å². The number of hydrogen-bond acceptors (Lipinski definition) is 3. The van der Waals surface area contributed by atoms with Crippen molar-refractivity contribution in [2.45, 2.75) is 13.3 Å². The van der Waals surface area contributed by atoms with Crippen LogP contribution in [0, 0.1) is 11.7 Å². The minimum Gasteiger partial charge on any atom is -0.469 e. The molecule has 0 radical (unpaired) electrons. The lowest BCUT2D eigenvalue weighted by molar-refractivity contribution is -0.146. The second-order valence-electron chi connectivity index (χ2n) is 4.50. The number of carbonyl (C=O) groups excluding carboxylic acids is 2. The molecule has 104 valence electrons. The summed E-state index contributed by atoms with van der Waals surface area (Å²) in [4.78, 5) is 24.7. The van der Waals surface area contributed by atoms with Gasteiger partial charge < -0.3 is 9.64 Å². The largest absolute Gasteiger partial charge is 0.469 e. The van der Waals surface area contributed by atoms with Crippen LogP contribution in [0.25, 0.3) is 0 Å². The van der Waals surface area contributed by atoms with Gasteiger partial charge in [-0.25, -0.2) is 4.39 Å². The fourth-order valence-electron chi connectivity index (χ4n) is 1.70. The first kappa shape index (κ1) is 15.1. The summed E-state index contributed by atoms with van der Waals surface area (Å²) in [6, 6.07) is 5.79. The third kappa shape index (κ3) is 4.69. The molecule has 0 aromatic heterocycles. The first-order chi connectivity index (χ1) is 8.93. The van der Waals surface area contributed by atoms with E-state index in [0.29, 0.717) is 6.54 Å². The molecule has 19 heavy (non-hydrogen) atoms. The lowest BCUT2D eigenvalue weighted by Crippen LogP contribution is -2.35. The normalized spacial score (nSPS) is 11.8. The summed E-state index contributed by atoms with van der Waals surface area (Å²) in [5.41, 5.74) is 0.740. The molecule has 1 rings (SSSR count). The van der Waals surface area contributed by atoms with Gasteiger partial charge in [0.05, 0.1) is 19.4 Å². The Bertz CT molecular complexity index is 445. The van der Waals surface area contributed by atoms with Gasteiger partial charge in [-0.05, 0) is 17.7 Å². The van der Waals surface area contributed by atoms with E-state index < -0.39 is 0 Å². The van der Waals surface area contributed by atoms with E-state index in [2.05, 4.69) is 4.74 Å². The van der Waals surface area contributed by atoms with E-state index in [1.54, 1.807) is 26.1 Å². The Balaban J connectivity index is 2.53. The highest BCUT2D eigenvalue weighted by Gasteiger charge is 2.18. The maximum Gasteiger partial charge on any atom is 0.310 e. The molecule has 0 saturated heterocycles. The van der Waals surface area contributed by atoms with Crippen LogP contribution in [0.3, 0.4) is 0 Å². The van der Waals surface area contributed by atoms with Crippen molar-refractivity contribution in [3.63, 3.8) is 0 Å². The molecule has 1 amide bonds. The molecule has 0 saturated carbocycles. The highest BCUT2D eigenvalue weighted by atomic mass is 19.1. The van der Waals surface area contributed by atoms with Gasteiger partial charge in [-0.3, -0.25) is 9.59 Å². The SMILES string of the molecule is COC(=O)C(C)CN(C)C(=O)Cc1ccc(F)cc1.